The van der Waals surface area contributed by atoms with Gasteiger partial charge >= 0.3 is 0 Å². The molecule has 37 heavy (non-hydrogen) atoms. The lowest BCUT2D eigenvalue weighted by molar-refractivity contribution is -0.126. The van der Waals surface area contributed by atoms with E-state index in [4.69, 9.17) is 11.6 Å². The van der Waals surface area contributed by atoms with E-state index in [2.05, 4.69) is 20.6 Å². The first kappa shape index (κ1) is 26.5. The molecule has 9 nitrogen and oxygen atoms in total. The Hall–Kier alpha value is -3.53. The van der Waals surface area contributed by atoms with Crippen molar-refractivity contribution in [2.24, 2.45) is 0 Å². The molecular formula is C27H30ClN5O4. The van der Waals surface area contributed by atoms with Crippen molar-refractivity contribution in [2.75, 3.05) is 18.5 Å². The average Bonchev–Trinajstić information content (AvgIpc) is 3.23. The summed E-state index contributed by atoms with van der Waals surface area (Å²) in [5, 5.41) is 25.3. The molecule has 2 heterocycles. The number of aromatic nitrogens is 2. The summed E-state index contributed by atoms with van der Waals surface area (Å²) >= 11 is 6.36. The Morgan fingerprint density at radius 3 is 2.65 bits per heavy atom. The number of amides is 2. The largest absolute Gasteiger partial charge is 0.394 e. The van der Waals surface area contributed by atoms with Crippen molar-refractivity contribution in [1.82, 2.24) is 20.2 Å². The predicted molar refractivity (Wildman–Crippen MR) is 141 cm³/mol. The summed E-state index contributed by atoms with van der Waals surface area (Å²) in [6.07, 6.45) is 1.47. The second-order valence-corrected chi connectivity index (χ2v) is 9.66. The van der Waals surface area contributed by atoms with Gasteiger partial charge in [-0.1, -0.05) is 53.6 Å². The number of aryl methyl sites for hydroxylation is 1. The standard InChI is InChI=1S/C27H30ClN5O4/c1-15-5-4-6-18(9-15)23(14-35)31-25(36)17(3)33-12-20-8-7-19(10-21(20)26(33)37)24-22(28)11-29-27(32-24)30-16(2)13-34/h4-11,16-17,23,34-35H,12-14H2,1-3H3,(H,31,36)(H,29,30,32)/t16-,17+,23+/m0/s1. The van der Waals surface area contributed by atoms with E-state index in [0.29, 0.717) is 27.8 Å². The first-order valence-corrected chi connectivity index (χ1v) is 12.4. The molecule has 0 saturated carbocycles. The molecule has 1 aliphatic rings. The Balaban J connectivity index is 1.52. The number of benzene rings is 2. The fourth-order valence-electron chi connectivity index (χ4n) is 4.24. The molecule has 0 aliphatic carbocycles. The van der Waals surface area contributed by atoms with Crippen molar-refractivity contribution in [1.29, 1.82) is 0 Å². The van der Waals surface area contributed by atoms with Gasteiger partial charge in [0.25, 0.3) is 5.91 Å². The van der Waals surface area contributed by atoms with Gasteiger partial charge in [0.1, 0.15) is 6.04 Å². The van der Waals surface area contributed by atoms with Gasteiger partial charge in [0.2, 0.25) is 11.9 Å². The summed E-state index contributed by atoms with van der Waals surface area (Å²) < 4.78 is 0. The number of nitrogens with zero attached hydrogens (tertiary/aromatic N) is 3. The number of fused-ring (bicyclic) bond motifs is 1. The number of hydrogen-bond donors (Lipinski definition) is 4. The van der Waals surface area contributed by atoms with Crippen LogP contribution in [0.25, 0.3) is 11.3 Å². The molecule has 0 spiro atoms. The van der Waals surface area contributed by atoms with Gasteiger partial charge in [0.15, 0.2) is 0 Å². The summed E-state index contributed by atoms with van der Waals surface area (Å²) in [5.74, 6) is -0.311. The summed E-state index contributed by atoms with van der Waals surface area (Å²) in [6, 6.07) is 11.4. The van der Waals surface area contributed by atoms with Gasteiger partial charge in [0.05, 0.1) is 36.2 Å². The highest BCUT2D eigenvalue weighted by Gasteiger charge is 2.35. The van der Waals surface area contributed by atoms with Crippen molar-refractivity contribution in [3.8, 4) is 11.3 Å². The van der Waals surface area contributed by atoms with Crippen LogP contribution in [-0.4, -0.2) is 62.2 Å². The summed E-state index contributed by atoms with van der Waals surface area (Å²) in [5.41, 5.74) is 4.18. The minimum atomic E-state index is -0.749. The molecule has 194 valence electrons. The van der Waals surface area contributed by atoms with Gasteiger partial charge in [-0.3, -0.25) is 9.59 Å². The van der Waals surface area contributed by atoms with E-state index in [-0.39, 0.29) is 37.6 Å². The lowest BCUT2D eigenvalue weighted by Gasteiger charge is -2.26. The fraction of sp³-hybridized carbons (Fsp3) is 0.333. The second-order valence-electron chi connectivity index (χ2n) is 9.26. The van der Waals surface area contributed by atoms with Crippen LogP contribution in [0.2, 0.25) is 5.02 Å². The van der Waals surface area contributed by atoms with Crippen LogP contribution in [0.15, 0.2) is 48.7 Å². The van der Waals surface area contributed by atoms with Crippen LogP contribution in [0, 0.1) is 6.92 Å². The van der Waals surface area contributed by atoms with E-state index < -0.39 is 12.1 Å². The maximum Gasteiger partial charge on any atom is 0.255 e. The number of nitrogens with one attached hydrogen (secondary N) is 2. The Morgan fingerprint density at radius 1 is 1.16 bits per heavy atom. The molecule has 1 aliphatic heterocycles. The van der Waals surface area contributed by atoms with Crippen LogP contribution in [0.3, 0.4) is 0 Å². The van der Waals surface area contributed by atoms with Gasteiger partial charge in [-0.05, 0) is 38.0 Å². The lowest BCUT2D eigenvalue weighted by atomic mass is 10.0. The van der Waals surface area contributed by atoms with Crippen molar-refractivity contribution in [3.05, 3.63) is 75.9 Å². The van der Waals surface area contributed by atoms with E-state index in [1.807, 2.05) is 43.3 Å². The molecule has 4 N–H and O–H groups in total. The van der Waals surface area contributed by atoms with Gasteiger partial charge in [-0.2, -0.15) is 0 Å². The molecule has 1 aromatic heterocycles. The minimum Gasteiger partial charge on any atom is -0.394 e. The third-order valence-corrected chi connectivity index (χ3v) is 6.68. The lowest BCUT2D eigenvalue weighted by Crippen LogP contribution is -2.46. The van der Waals surface area contributed by atoms with E-state index in [1.165, 1.54) is 11.1 Å². The minimum absolute atomic E-state index is 0.0830. The molecule has 0 fully saturated rings. The molecule has 10 heteroatoms. The quantitative estimate of drug-likeness (QED) is 0.339. The number of carbonyl (C=O) groups excluding carboxylic acids is 2. The number of halogens is 1. The van der Waals surface area contributed by atoms with Crippen LogP contribution >= 0.6 is 11.6 Å². The van der Waals surface area contributed by atoms with Crippen molar-refractivity contribution < 1.29 is 19.8 Å². The van der Waals surface area contributed by atoms with Crippen LogP contribution in [0.5, 0.6) is 0 Å². The number of hydrogen-bond acceptors (Lipinski definition) is 7. The van der Waals surface area contributed by atoms with Crippen LogP contribution in [-0.2, 0) is 11.3 Å². The topological polar surface area (TPSA) is 128 Å². The number of rotatable bonds is 9. The van der Waals surface area contributed by atoms with Crippen molar-refractivity contribution >= 4 is 29.4 Å². The molecule has 2 aromatic carbocycles. The number of anilines is 1. The molecule has 0 radical (unpaired) electrons. The first-order valence-electron chi connectivity index (χ1n) is 12.0. The Morgan fingerprint density at radius 2 is 1.95 bits per heavy atom. The zero-order valence-corrected chi connectivity index (χ0v) is 21.7. The molecule has 3 aromatic rings. The maximum atomic E-state index is 13.3. The summed E-state index contributed by atoms with van der Waals surface area (Å²) in [6.45, 7) is 5.36. The first-order chi connectivity index (χ1) is 17.7. The molecular weight excluding hydrogens is 494 g/mol. The normalized spacial score (nSPS) is 15.2. The van der Waals surface area contributed by atoms with Crippen molar-refractivity contribution in [2.45, 2.75) is 45.4 Å². The van der Waals surface area contributed by atoms with Gasteiger partial charge in [0, 0.05) is 23.7 Å². The SMILES string of the molecule is Cc1cccc([C@@H](CO)NC(=O)[C@@H](C)N2Cc3ccc(-c4nc(N[C@@H](C)CO)ncc4Cl)cc3C2=O)c1. The summed E-state index contributed by atoms with van der Waals surface area (Å²) in [4.78, 5) is 36.5. The van der Waals surface area contributed by atoms with Gasteiger partial charge in [-0.15, -0.1) is 0 Å². The van der Waals surface area contributed by atoms with Crippen LogP contribution in [0.4, 0.5) is 5.95 Å². The predicted octanol–water partition coefficient (Wildman–Crippen LogP) is 3.09. The molecule has 2 amide bonds. The zero-order valence-electron chi connectivity index (χ0n) is 20.9. The third-order valence-electron chi connectivity index (χ3n) is 6.40. The highest BCUT2D eigenvalue weighted by molar-refractivity contribution is 6.33. The number of aliphatic hydroxyl groups excluding tert-OH is 2. The van der Waals surface area contributed by atoms with Gasteiger partial charge < -0.3 is 25.7 Å². The zero-order chi connectivity index (χ0) is 26.7. The fourth-order valence-corrected chi connectivity index (χ4v) is 4.44. The third kappa shape index (κ3) is 5.74. The van der Waals surface area contributed by atoms with Crippen molar-refractivity contribution in [3.63, 3.8) is 0 Å². The molecule has 3 atom stereocenters. The Kier molecular flexibility index (Phi) is 8.06. The molecule has 0 unspecified atom stereocenters. The Bertz CT molecular complexity index is 1320. The molecule has 0 saturated heterocycles. The summed E-state index contributed by atoms with van der Waals surface area (Å²) in [7, 11) is 0. The molecule has 4 rings (SSSR count). The monoisotopic (exact) mass is 523 g/mol. The number of carbonyl (C=O) groups is 2. The number of aliphatic hydroxyl groups is 2. The van der Waals surface area contributed by atoms with Crippen LogP contribution < -0.4 is 10.6 Å². The van der Waals surface area contributed by atoms with Gasteiger partial charge in [-0.25, -0.2) is 9.97 Å². The maximum absolute atomic E-state index is 13.3. The second kappa shape index (κ2) is 11.2. The van der Waals surface area contributed by atoms with Crippen LogP contribution in [0.1, 0.15) is 46.9 Å². The Labute approximate surface area is 220 Å². The van der Waals surface area contributed by atoms with E-state index in [9.17, 15) is 19.8 Å². The highest BCUT2D eigenvalue weighted by Crippen LogP contribution is 2.32. The highest BCUT2D eigenvalue weighted by atomic mass is 35.5. The molecule has 0 bridgehead atoms. The van der Waals surface area contributed by atoms with E-state index in [1.54, 1.807) is 19.9 Å². The smallest absolute Gasteiger partial charge is 0.255 e. The van der Waals surface area contributed by atoms with E-state index in [0.717, 1.165) is 16.7 Å². The van der Waals surface area contributed by atoms with E-state index >= 15 is 0 Å². The average molecular weight is 524 g/mol.